The van der Waals surface area contributed by atoms with Gasteiger partial charge in [-0.15, -0.1) is 0 Å². The van der Waals surface area contributed by atoms with Gasteiger partial charge < -0.3 is 10.4 Å². The van der Waals surface area contributed by atoms with Crippen LogP contribution >= 0.6 is 0 Å². The lowest BCUT2D eigenvalue weighted by molar-refractivity contribution is 0.0937. The molecule has 2 heterocycles. The third-order valence-electron chi connectivity index (χ3n) is 5.02. The van der Waals surface area contributed by atoms with E-state index in [2.05, 4.69) is 27.2 Å². The first-order valence-corrected chi connectivity index (χ1v) is 10.3. The van der Waals surface area contributed by atoms with Crippen molar-refractivity contribution in [1.82, 2.24) is 20.1 Å². The summed E-state index contributed by atoms with van der Waals surface area (Å²) in [6, 6.07) is 11.1. The van der Waals surface area contributed by atoms with E-state index in [1.165, 1.54) is 30.3 Å². The summed E-state index contributed by atoms with van der Waals surface area (Å²) in [7, 11) is 1.79. The molecule has 2 N–H and O–H groups in total. The lowest BCUT2D eigenvalue weighted by Crippen LogP contribution is -2.30. The van der Waals surface area contributed by atoms with Crippen molar-refractivity contribution in [2.45, 2.75) is 13.0 Å². The number of pyridine rings is 1. The first-order chi connectivity index (χ1) is 16.3. The van der Waals surface area contributed by atoms with Gasteiger partial charge in [0.05, 0.1) is 17.8 Å². The highest BCUT2D eigenvalue weighted by Gasteiger charge is 2.22. The fourth-order valence-corrected chi connectivity index (χ4v) is 3.44. The zero-order chi connectivity index (χ0) is 24.2. The van der Waals surface area contributed by atoms with Crippen molar-refractivity contribution in [3.63, 3.8) is 0 Å². The topological polar surface area (TPSA) is 80.0 Å². The summed E-state index contributed by atoms with van der Waals surface area (Å²) in [6.07, 6.45) is 3.40. The molecule has 6 nitrogen and oxygen atoms in total. The van der Waals surface area contributed by atoms with Gasteiger partial charge in [-0.3, -0.25) is 9.48 Å². The molecule has 0 aliphatic rings. The molecule has 170 valence electrons. The molecule has 0 bridgehead atoms. The molecule has 4 rings (SSSR count). The highest BCUT2D eigenvalue weighted by molar-refractivity contribution is 5.93. The van der Waals surface area contributed by atoms with Gasteiger partial charge in [0.1, 0.15) is 23.1 Å². The van der Waals surface area contributed by atoms with Crippen molar-refractivity contribution < 1.29 is 18.7 Å². The number of phenolic OH excluding ortho intramolecular Hbond substituents is 1. The highest BCUT2D eigenvalue weighted by atomic mass is 19.1. The first-order valence-electron chi connectivity index (χ1n) is 10.3. The van der Waals surface area contributed by atoms with E-state index >= 15 is 0 Å². The molecule has 1 unspecified atom stereocenters. The van der Waals surface area contributed by atoms with Gasteiger partial charge in [-0.1, -0.05) is 24.0 Å². The zero-order valence-corrected chi connectivity index (χ0v) is 18.4. The van der Waals surface area contributed by atoms with Crippen LogP contribution in [0.5, 0.6) is 5.75 Å². The summed E-state index contributed by atoms with van der Waals surface area (Å²) >= 11 is 0. The second kappa shape index (κ2) is 9.55. The Hall–Kier alpha value is -4.51. The molecule has 1 atom stereocenters. The van der Waals surface area contributed by atoms with Crippen LogP contribution in [0.3, 0.4) is 0 Å². The minimum atomic E-state index is -0.948. The quantitative estimate of drug-likeness (QED) is 0.453. The van der Waals surface area contributed by atoms with Crippen LogP contribution in [0.1, 0.15) is 44.5 Å². The summed E-state index contributed by atoms with van der Waals surface area (Å²) in [5.74, 6) is 4.15. The number of aromatic hydroxyl groups is 1. The van der Waals surface area contributed by atoms with Crippen molar-refractivity contribution in [2.24, 2.45) is 7.05 Å². The molecule has 1 amide bonds. The third kappa shape index (κ3) is 5.27. The molecule has 2 aromatic carbocycles. The molecular formula is C26H20F2N4O2. The minimum absolute atomic E-state index is 0.0958. The summed E-state index contributed by atoms with van der Waals surface area (Å²) in [5, 5.41) is 17.2. The number of rotatable bonds is 4. The summed E-state index contributed by atoms with van der Waals surface area (Å²) in [5.41, 5.74) is 2.56. The Balaban J connectivity index is 1.68. The number of phenols is 1. The van der Waals surface area contributed by atoms with E-state index < -0.39 is 23.6 Å². The Morgan fingerprint density at radius 1 is 1.03 bits per heavy atom. The van der Waals surface area contributed by atoms with E-state index in [0.717, 1.165) is 17.7 Å². The second-order valence-electron chi connectivity index (χ2n) is 7.70. The molecule has 0 aliphatic heterocycles. The van der Waals surface area contributed by atoms with Gasteiger partial charge in [-0.05, 0) is 55.0 Å². The Morgan fingerprint density at radius 2 is 1.74 bits per heavy atom. The number of carbonyl (C=O) groups is 1. The molecule has 2 aromatic heterocycles. The number of benzene rings is 2. The van der Waals surface area contributed by atoms with Crippen LogP contribution in [0.4, 0.5) is 8.78 Å². The van der Waals surface area contributed by atoms with Gasteiger partial charge in [0.15, 0.2) is 0 Å². The summed E-state index contributed by atoms with van der Waals surface area (Å²) in [4.78, 5) is 17.5. The van der Waals surface area contributed by atoms with Gasteiger partial charge in [-0.25, -0.2) is 13.8 Å². The number of halogens is 2. The number of nitrogens with zero attached hydrogens (tertiary/aromatic N) is 3. The van der Waals surface area contributed by atoms with Crippen molar-refractivity contribution >= 4 is 5.91 Å². The minimum Gasteiger partial charge on any atom is -0.508 e. The van der Waals surface area contributed by atoms with Crippen molar-refractivity contribution in [2.75, 3.05) is 0 Å². The Labute approximate surface area is 194 Å². The highest BCUT2D eigenvalue weighted by Crippen LogP contribution is 2.30. The van der Waals surface area contributed by atoms with E-state index in [9.17, 15) is 18.7 Å². The number of carbonyl (C=O) groups excluding carboxylic acids is 1. The molecule has 8 heteroatoms. The fourth-order valence-electron chi connectivity index (χ4n) is 3.44. The van der Waals surface area contributed by atoms with Crippen LogP contribution in [-0.2, 0) is 7.05 Å². The Kier molecular flexibility index (Phi) is 6.37. The van der Waals surface area contributed by atoms with Crippen molar-refractivity contribution in [3.05, 3.63) is 112 Å². The third-order valence-corrected chi connectivity index (χ3v) is 5.02. The first kappa shape index (κ1) is 22.7. The van der Waals surface area contributed by atoms with Crippen LogP contribution in [-0.4, -0.2) is 25.8 Å². The predicted octanol–water partition coefficient (Wildman–Crippen LogP) is 4.03. The molecule has 0 radical (unpaired) electrons. The number of hydrogen-bond acceptors (Lipinski definition) is 4. The molecule has 0 spiro atoms. The Bertz CT molecular complexity index is 1420. The maximum atomic E-state index is 14.0. The molecule has 34 heavy (non-hydrogen) atoms. The van der Waals surface area contributed by atoms with Crippen LogP contribution in [0, 0.1) is 30.4 Å². The van der Waals surface area contributed by atoms with Crippen LogP contribution in [0.25, 0.3) is 0 Å². The largest absolute Gasteiger partial charge is 0.508 e. The van der Waals surface area contributed by atoms with E-state index in [1.54, 1.807) is 43.2 Å². The maximum absolute atomic E-state index is 14.0. The standard InChI is InChI=1S/C26H20F2N4O2/c1-16-11-17(3-4-18-14-29-32(2)15-18)12-23(30-16)26(34)31-25(19-5-7-20(27)8-6-19)22-13-21(28)9-10-24(22)33/h5-15,25,33H,1-2H3,(H,31,34). The number of hydrogen-bond donors (Lipinski definition) is 2. The van der Waals surface area contributed by atoms with Gasteiger partial charge in [0, 0.05) is 30.1 Å². The predicted molar refractivity (Wildman–Crippen MR) is 122 cm³/mol. The van der Waals surface area contributed by atoms with Gasteiger partial charge in [0.25, 0.3) is 5.91 Å². The fraction of sp³-hybridized carbons (Fsp3) is 0.115. The number of amides is 1. The molecular weight excluding hydrogens is 438 g/mol. The summed E-state index contributed by atoms with van der Waals surface area (Å²) < 4.78 is 29.1. The zero-order valence-electron chi connectivity index (χ0n) is 18.4. The van der Waals surface area contributed by atoms with E-state index in [1.807, 2.05) is 0 Å². The molecule has 4 aromatic rings. The van der Waals surface area contributed by atoms with Crippen molar-refractivity contribution in [3.8, 4) is 17.6 Å². The van der Waals surface area contributed by atoms with Crippen LogP contribution in [0.2, 0.25) is 0 Å². The van der Waals surface area contributed by atoms with Crippen molar-refractivity contribution in [1.29, 1.82) is 0 Å². The molecule has 0 saturated heterocycles. The normalized spacial score (nSPS) is 11.4. The van der Waals surface area contributed by atoms with Crippen LogP contribution in [0.15, 0.2) is 67.0 Å². The molecule has 0 fully saturated rings. The lowest BCUT2D eigenvalue weighted by atomic mass is 9.97. The number of aryl methyl sites for hydroxylation is 2. The second-order valence-corrected chi connectivity index (χ2v) is 7.70. The average molecular weight is 458 g/mol. The van der Waals surface area contributed by atoms with Gasteiger partial charge >= 0.3 is 0 Å². The van der Waals surface area contributed by atoms with Gasteiger partial charge in [0.2, 0.25) is 0 Å². The molecule has 0 aliphatic carbocycles. The SMILES string of the molecule is Cc1cc(C#Cc2cnn(C)c2)cc(C(=O)NC(c2ccc(F)cc2)c2cc(F)ccc2O)n1. The maximum Gasteiger partial charge on any atom is 0.270 e. The number of nitrogens with one attached hydrogen (secondary N) is 1. The Morgan fingerprint density at radius 3 is 2.44 bits per heavy atom. The van der Waals surface area contributed by atoms with Gasteiger partial charge in [-0.2, -0.15) is 5.10 Å². The van der Waals surface area contributed by atoms with Crippen LogP contribution < -0.4 is 5.32 Å². The van der Waals surface area contributed by atoms with E-state index in [4.69, 9.17) is 0 Å². The van der Waals surface area contributed by atoms with E-state index in [-0.39, 0.29) is 17.0 Å². The number of aromatic nitrogens is 3. The smallest absolute Gasteiger partial charge is 0.270 e. The monoisotopic (exact) mass is 458 g/mol. The average Bonchev–Trinajstić information content (AvgIpc) is 3.23. The molecule has 0 saturated carbocycles. The lowest BCUT2D eigenvalue weighted by Gasteiger charge is -2.21. The van der Waals surface area contributed by atoms with E-state index in [0.29, 0.717) is 16.8 Å². The summed E-state index contributed by atoms with van der Waals surface area (Å²) in [6.45, 7) is 1.74.